The molecule has 0 aromatic heterocycles. The molecule has 2 aliphatic rings. The monoisotopic (exact) mass is 509 g/mol. The number of nitrogens with zero attached hydrogens (tertiary/aromatic N) is 2. The molecule has 1 aliphatic carbocycles. The van der Waals surface area contributed by atoms with E-state index in [0.29, 0.717) is 14.7 Å². The van der Waals surface area contributed by atoms with Crippen LogP contribution in [0.1, 0.15) is 12.8 Å². The van der Waals surface area contributed by atoms with Crippen LogP contribution in [0.5, 0.6) is 0 Å². The molecule has 7 N–H and O–H groups in total. The average molecular weight is 511 g/mol. The molecule has 1 heterocycles. The summed E-state index contributed by atoms with van der Waals surface area (Å²) in [5.74, 6) is -0.128. The van der Waals surface area contributed by atoms with Gasteiger partial charge >= 0.3 is 0 Å². The highest BCUT2D eigenvalue weighted by Gasteiger charge is 2.50. The van der Waals surface area contributed by atoms with E-state index in [1.54, 1.807) is 6.08 Å². The Morgan fingerprint density at radius 2 is 2.30 bits per heavy atom. The van der Waals surface area contributed by atoms with Gasteiger partial charge in [-0.3, -0.25) is 9.79 Å². The van der Waals surface area contributed by atoms with E-state index in [4.69, 9.17) is 21.0 Å². The summed E-state index contributed by atoms with van der Waals surface area (Å²) in [5.41, 5.74) is 9.28. The third-order valence-corrected chi connectivity index (χ3v) is 5.38. The number of carbonyl (C=O) groups excluding carboxylic acids is 1. The summed E-state index contributed by atoms with van der Waals surface area (Å²) in [6, 6.07) is 0. The molecule has 1 amide bonds. The molecule has 10 nitrogen and oxygen atoms in total. The fourth-order valence-corrected chi connectivity index (χ4v) is 4.37. The average Bonchev–Trinajstić information content (AvgIpc) is 3.03. The Balaban J connectivity index is 1.93. The number of nitrogens with two attached hydrogens (primary N) is 2. The molecule has 0 unspecified atom stereocenters. The first-order valence-electron chi connectivity index (χ1n) is 7.97. The van der Waals surface area contributed by atoms with Gasteiger partial charge in [0.05, 0.1) is 22.2 Å². The number of hydrogen-bond donors (Lipinski definition) is 5. The van der Waals surface area contributed by atoms with Crippen LogP contribution in [0.25, 0.3) is 0 Å². The largest absolute Gasteiger partial charge is 0.495 e. The van der Waals surface area contributed by atoms with Crippen LogP contribution in [-0.2, 0) is 14.4 Å². The quantitative estimate of drug-likeness (QED) is 0.228. The second kappa shape index (κ2) is 9.04. The van der Waals surface area contributed by atoms with Crippen LogP contribution in [0.2, 0.25) is 0 Å². The molecule has 1 aliphatic heterocycles. The third kappa shape index (κ3) is 5.00. The van der Waals surface area contributed by atoms with Gasteiger partial charge in [-0.2, -0.15) is 0 Å². The molecule has 0 aromatic carbocycles. The standard InChI is InChI=1S/C15H21Br2N5O5/c1-26-11-8(16)4-15(12(24)10(11)17)5-9(22-27-15)13(25)21-6-7(23)2-3-20-14(18)19/h4,7,12,23-24H,2-3,5-6H2,1H3,(H,21,25)(H4,18,19,20)/t7-,12+,15-/m0/s1. The van der Waals surface area contributed by atoms with Crippen molar-refractivity contribution in [3.8, 4) is 0 Å². The number of oxime groups is 1. The number of hydrogen-bond acceptors (Lipinski definition) is 7. The molecule has 1 spiro atoms. The third-order valence-electron chi connectivity index (χ3n) is 4.00. The van der Waals surface area contributed by atoms with Crippen molar-refractivity contribution in [2.75, 3.05) is 20.2 Å². The zero-order valence-electron chi connectivity index (χ0n) is 14.5. The summed E-state index contributed by atoms with van der Waals surface area (Å²) < 4.78 is 6.15. The molecule has 2 rings (SSSR count). The predicted molar refractivity (Wildman–Crippen MR) is 106 cm³/mol. The molecule has 150 valence electrons. The SMILES string of the molecule is COC1=C(Br)[C@@H](O)[C@]2(C=C1Br)CC(C(=O)NC[C@@H](O)CCN=C(N)N)=NO2. The number of aliphatic hydroxyl groups excluding tert-OH is 2. The smallest absolute Gasteiger partial charge is 0.269 e. The molecule has 0 bridgehead atoms. The molecule has 0 saturated heterocycles. The van der Waals surface area contributed by atoms with Crippen molar-refractivity contribution < 1.29 is 24.6 Å². The second-order valence-corrected chi connectivity index (χ2v) is 7.70. The van der Waals surface area contributed by atoms with Crippen molar-refractivity contribution >= 4 is 49.4 Å². The van der Waals surface area contributed by atoms with E-state index in [1.807, 2.05) is 0 Å². The molecular formula is C15H21Br2N5O5. The van der Waals surface area contributed by atoms with E-state index >= 15 is 0 Å². The van der Waals surface area contributed by atoms with E-state index in [9.17, 15) is 15.0 Å². The first-order valence-corrected chi connectivity index (χ1v) is 9.56. The van der Waals surface area contributed by atoms with Gasteiger partial charge in [-0.05, 0) is 44.4 Å². The summed E-state index contributed by atoms with van der Waals surface area (Å²) in [6.07, 6.45) is 0.0230. The maximum Gasteiger partial charge on any atom is 0.269 e. The first kappa shape index (κ1) is 21.7. The zero-order valence-corrected chi connectivity index (χ0v) is 17.7. The van der Waals surface area contributed by atoms with Crippen molar-refractivity contribution in [2.45, 2.75) is 30.7 Å². The lowest BCUT2D eigenvalue weighted by molar-refractivity contribution is -0.115. The summed E-state index contributed by atoms with van der Waals surface area (Å²) in [7, 11) is 1.47. The van der Waals surface area contributed by atoms with Gasteiger partial charge in [0.15, 0.2) is 11.6 Å². The summed E-state index contributed by atoms with van der Waals surface area (Å²) in [6.45, 7) is 0.254. The Morgan fingerprint density at radius 1 is 1.59 bits per heavy atom. The minimum Gasteiger partial charge on any atom is -0.495 e. The van der Waals surface area contributed by atoms with Crippen molar-refractivity contribution in [3.63, 3.8) is 0 Å². The number of amides is 1. The minimum atomic E-state index is -1.22. The lowest BCUT2D eigenvalue weighted by Crippen LogP contribution is -2.45. The highest BCUT2D eigenvalue weighted by Crippen LogP contribution is 2.43. The normalized spacial score (nSPS) is 25.4. The van der Waals surface area contributed by atoms with Crippen LogP contribution in [0.15, 0.2) is 30.9 Å². The number of ether oxygens (including phenoxy) is 1. The first-order chi connectivity index (χ1) is 12.7. The number of allylic oxidation sites excluding steroid dienone is 1. The molecule has 0 fully saturated rings. The van der Waals surface area contributed by atoms with Crippen LogP contribution < -0.4 is 16.8 Å². The highest BCUT2D eigenvalue weighted by atomic mass is 79.9. The molecule has 12 heteroatoms. The van der Waals surface area contributed by atoms with Crippen LogP contribution in [0, 0.1) is 0 Å². The minimum absolute atomic E-state index is 0.00432. The van der Waals surface area contributed by atoms with Crippen LogP contribution in [0.4, 0.5) is 0 Å². The van der Waals surface area contributed by atoms with Gasteiger partial charge in [-0.25, -0.2) is 0 Å². The summed E-state index contributed by atoms with van der Waals surface area (Å²) in [5, 5.41) is 26.8. The van der Waals surface area contributed by atoms with Gasteiger partial charge in [-0.15, -0.1) is 0 Å². The van der Waals surface area contributed by atoms with Crippen molar-refractivity contribution in [2.24, 2.45) is 21.6 Å². The number of halogens is 2. The molecule has 27 heavy (non-hydrogen) atoms. The Kier molecular flexibility index (Phi) is 7.25. The lowest BCUT2D eigenvalue weighted by atomic mass is 9.87. The summed E-state index contributed by atoms with van der Waals surface area (Å²) in [4.78, 5) is 21.4. The van der Waals surface area contributed by atoms with Crippen molar-refractivity contribution in [1.82, 2.24) is 5.32 Å². The second-order valence-electron chi connectivity index (χ2n) is 6.00. The van der Waals surface area contributed by atoms with Gasteiger partial charge < -0.3 is 36.6 Å². The molecule has 0 radical (unpaired) electrons. The maximum absolute atomic E-state index is 12.3. The Morgan fingerprint density at radius 3 is 2.93 bits per heavy atom. The van der Waals surface area contributed by atoms with E-state index < -0.39 is 23.7 Å². The lowest BCUT2D eigenvalue weighted by Gasteiger charge is -2.33. The number of nitrogens with one attached hydrogen (secondary N) is 1. The summed E-state index contributed by atoms with van der Waals surface area (Å²) >= 11 is 6.64. The van der Waals surface area contributed by atoms with Gasteiger partial charge in [-0.1, -0.05) is 5.16 Å². The number of methoxy groups -OCH3 is 1. The van der Waals surface area contributed by atoms with E-state index in [1.165, 1.54) is 7.11 Å². The number of rotatable bonds is 7. The molecule has 3 atom stereocenters. The van der Waals surface area contributed by atoms with Crippen molar-refractivity contribution in [3.05, 3.63) is 20.8 Å². The highest BCUT2D eigenvalue weighted by molar-refractivity contribution is 9.12. The number of aliphatic hydroxyl groups is 2. The van der Waals surface area contributed by atoms with Crippen molar-refractivity contribution in [1.29, 1.82) is 0 Å². The molecule has 0 saturated carbocycles. The zero-order chi connectivity index (χ0) is 20.2. The van der Waals surface area contributed by atoms with Crippen LogP contribution in [-0.4, -0.2) is 65.8 Å². The fraction of sp³-hybridized carbons (Fsp3) is 0.533. The Hall–Kier alpha value is -1.63. The molecular weight excluding hydrogens is 490 g/mol. The number of guanidine groups is 1. The van der Waals surface area contributed by atoms with Gasteiger partial charge in [0.1, 0.15) is 17.6 Å². The topological polar surface area (TPSA) is 165 Å². The predicted octanol–water partition coefficient (Wildman–Crippen LogP) is -0.452. The number of aliphatic imine (C=N–C) groups is 1. The van der Waals surface area contributed by atoms with Gasteiger partial charge in [0.2, 0.25) is 0 Å². The van der Waals surface area contributed by atoms with Gasteiger partial charge in [0.25, 0.3) is 5.91 Å². The maximum atomic E-state index is 12.3. The van der Waals surface area contributed by atoms with E-state index in [-0.39, 0.29) is 37.6 Å². The Bertz CT molecular complexity index is 719. The van der Waals surface area contributed by atoms with Crippen LogP contribution >= 0.6 is 31.9 Å². The Labute approximate surface area is 172 Å². The van der Waals surface area contributed by atoms with E-state index in [0.717, 1.165) is 0 Å². The van der Waals surface area contributed by atoms with Gasteiger partial charge in [0, 0.05) is 19.5 Å². The fourth-order valence-electron chi connectivity index (χ4n) is 2.58. The molecule has 0 aromatic rings. The van der Waals surface area contributed by atoms with E-state index in [2.05, 4.69) is 47.3 Å². The van der Waals surface area contributed by atoms with Crippen LogP contribution in [0.3, 0.4) is 0 Å². The number of carbonyl (C=O) groups is 1.